The van der Waals surface area contributed by atoms with E-state index in [0.717, 1.165) is 50.5 Å². The highest BCUT2D eigenvalue weighted by Gasteiger charge is 2.70. The lowest BCUT2D eigenvalue weighted by Gasteiger charge is -2.63. The zero-order chi connectivity index (χ0) is 27.9. The molecule has 0 spiro atoms. The van der Waals surface area contributed by atoms with Gasteiger partial charge in [0.2, 0.25) is 0 Å². The number of carbonyl (C=O) groups excluding carboxylic acids is 1. The van der Waals surface area contributed by atoms with E-state index in [1.807, 2.05) is 0 Å². The Labute approximate surface area is 230 Å². The molecule has 0 bridgehead atoms. The van der Waals surface area contributed by atoms with Crippen LogP contribution in [0.2, 0.25) is 0 Å². The number of hydrogen-bond donors (Lipinski definition) is 4. The first kappa shape index (κ1) is 28.1. The van der Waals surface area contributed by atoms with Crippen LogP contribution >= 0.6 is 0 Å². The lowest BCUT2D eigenvalue weighted by molar-refractivity contribution is -0.313. The standard InChI is InChI=1S/C30H46O9/c1-15-24(33)26(36-4)25(34)27(38-15)39-18-7-9-28(2)17(12-18)5-6-20-19(28)8-10-29(3)23(16-11-22(32)37-14-16)21(31)13-30(20,29)35/h11,15,17-21,23-27,31,33-35H,5-10,12-14H2,1-4H3/t15-,17-,18+,19+,20-,21+,23+,24+,25-,26+,27+,28+,29-,30+/m1/s1. The average molecular weight is 551 g/mol. The van der Waals surface area contributed by atoms with Crippen LogP contribution in [0.5, 0.6) is 0 Å². The molecular formula is C30H46O9. The van der Waals surface area contributed by atoms with Gasteiger partial charge >= 0.3 is 5.97 Å². The topological polar surface area (TPSA) is 135 Å². The van der Waals surface area contributed by atoms with E-state index in [1.54, 1.807) is 6.92 Å². The zero-order valence-electron chi connectivity index (χ0n) is 23.6. The second-order valence-electron chi connectivity index (χ2n) is 13.9. The van der Waals surface area contributed by atoms with Gasteiger partial charge in [-0.05, 0) is 80.6 Å². The number of hydrogen-bond acceptors (Lipinski definition) is 9. The molecule has 9 nitrogen and oxygen atoms in total. The van der Waals surface area contributed by atoms with Gasteiger partial charge in [0.15, 0.2) is 6.29 Å². The van der Waals surface area contributed by atoms with Crippen LogP contribution in [0, 0.1) is 34.5 Å². The predicted molar refractivity (Wildman–Crippen MR) is 139 cm³/mol. The van der Waals surface area contributed by atoms with E-state index in [2.05, 4.69) is 13.8 Å². The third kappa shape index (κ3) is 4.09. The fraction of sp³-hybridized carbons (Fsp3) is 0.900. The molecule has 4 N–H and O–H groups in total. The summed E-state index contributed by atoms with van der Waals surface area (Å²) in [5.41, 5.74) is -0.601. The van der Waals surface area contributed by atoms with E-state index in [-0.39, 0.29) is 35.9 Å². The Hall–Kier alpha value is -1.07. The van der Waals surface area contributed by atoms with Gasteiger partial charge in [0.1, 0.15) is 24.9 Å². The second-order valence-corrected chi connectivity index (χ2v) is 13.9. The Morgan fingerprint density at radius 2 is 1.79 bits per heavy atom. The van der Waals surface area contributed by atoms with Crippen LogP contribution in [-0.4, -0.2) is 88.6 Å². The number of carbonyl (C=O) groups is 1. The maximum absolute atomic E-state index is 12.4. The summed E-state index contributed by atoms with van der Waals surface area (Å²) in [5.74, 6) is 0.260. The van der Waals surface area contributed by atoms with Gasteiger partial charge in [-0.15, -0.1) is 0 Å². The van der Waals surface area contributed by atoms with Gasteiger partial charge in [-0.1, -0.05) is 13.8 Å². The van der Waals surface area contributed by atoms with E-state index in [0.29, 0.717) is 18.3 Å². The SMILES string of the molecule is CO[C@H]1[C@@H](O)[C@@H](C)O[C@@H](O[C@H]2CC[C@@]3(C)[C@H](CC[C@@H]4[C@@H]3CC[C@]3(C)[C@@H](C5=CC(=O)OC5)[C@@H](O)C[C@]43O)C2)[C@@H]1O. The van der Waals surface area contributed by atoms with Gasteiger partial charge in [0.25, 0.3) is 0 Å². The van der Waals surface area contributed by atoms with Crippen molar-refractivity contribution in [2.45, 2.75) is 121 Å². The van der Waals surface area contributed by atoms with Gasteiger partial charge in [0.05, 0.1) is 23.9 Å². The summed E-state index contributed by atoms with van der Waals surface area (Å²) in [7, 11) is 1.48. The number of aliphatic hydroxyl groups is 4. The lowest BCUT2D eigenvalue weighted by atomic mass is 9.43. The molecule has 6 rings (SSSR count). The maximum Gasteiger partial charge on any atom is 0.331 e. The summed E-state index contributed by atoms with van der Waals surface area (Å²) in [4.78, 5) is 11.8. The third-order valence-corrected chi connectivity index (χ3v) is 12.3. The molecular weight excluding hydrogens is 504 g/mol. The fourth-order valence-electron chi connectivity index (χ4n) is 10.2. The van der Waals surface area contributed by atoms with Crippen molar-refractivity contribution in [1.29, 1.82) is 0 Å². The fourth-order valence-corrected chi connectivity index (χ4v) is 10.2. The summed E-state index contributed by atoms with van der Waals surface area (Å²) in [6.07, 6.45) is 3.40. The van der Waals surface area contributed by atoms with Gasteiger partial charge in [0, 0.05) is 30.9 Å². The number of aliphatic hydroxyl groups excluding tert-OH is 3. The Kier molecular flexibility index (Phi) is 7.02. The van der Waals surface area contributed by atoms with Crippen molar-refractivity contribution in [2.75, 3.05) is 13.7 Å². The van der Waals surface area contributed by atoms with Gasteiger partial charge < -0.3 is 39.4 Å². The van der Waals surface area contributed by atoms with Gasteiger partial charge in [-0.25, -0.2) is 4.79 Å². The molecule has 220 valence electrons. The molecule has 2 heterocycles. The largest absolute Gasteiger partial charge is 0.458 e. The van der Waals surface area contributed by atoms with Crippen LogP contribution in [0.25, 0.3) is 0 Å². The molecule has 0 amide bonds. The molecule has 4 aliphatic carbocycles. The summed E-state index contributed by atoms with van der Waals surface area (Å²) in [5, 5.41) is 44.7. The van der Waals surface area contributed by atoms with E-state index in [9.17, 15) is 25.2 Å². The molecule has 2 aliphatic heterocycles. The van der Waals surface area contributed by atoms with Crippen molar-refractivity contribution in [3.63, 3.8) is 0 Å². The first-order valence-electron chi connectivity index (χ1n) is 14.9. The number of cyclic esters (lactones) is 1. The normalized spacial score (nSPS) is 55.3. The summed E-state index contributed by atoms with van der Waals surface area (Å²) < 4.78 is 22.7. The van der Waals surface area contributed by atoms with Crippen LogP contribution in [0.1, 0.15) is 72.1 Å². The van der Waals surface area contributed by atoms with Crippen molar-refractivity contribution in [3.8, 4) is 0 Å². The van der Waals surface area contributed by atoms with Crippen LogP contribution in [0.15, 0.2) is 11.6 Å². The maximum atomic E-state index is 12.4. The first-order valence-corrected chi connectivity index (χ1v) is 14.9. The Balaban J connectivity index is 1.17. The first-order chi connectivity index (χ1) is 18.4. The minimum Gasteiger partial charge on any atom is -0.458 e. The molecule has 6 aliphatic rings. The van der Waals surface area contributed by atoms with Crippen LogP contribution in [0.4, 0.5) is 0 Å². The van der Waals surface area contributed by atoms with E-state index in [4.69, 9.17) is 18.9 Å². The summed E-state index contributed by atoms with van der Waals surface area (Å²) in [6.45, 7) is 6.48. The molecule has 14 atom stereocenters. The Morgan fingerprint density at radius 1 is 1.03 bits per heavy atom. The molecule has 0 aromatic rings. The molecule has 1 saturated heterocycles. The highest BCUT2D eigenvalue weighted by Crippen LogP contribution is 2.70. The average Bonchev–Trinajstić information content (AvgIpc) is 3.39. The molecule has 39 heavy (non-hydrogen) atoms. The lowest BCUT2D eigenvalue weighted by Crippen LogP contribution is -2.62. The number of methoxy groups -OCH3 is 1. The van der Waals surface area contributed by atoms with Gasteiger partial charge in [-0.3, -0.25) is 0 Å². The van der Waals surface area contributed by atoms with E-state index >= 15 is 0 Å². The Bertz CT molecular complexity index is 1000. The minimum absolute atomic E-state index is 0.0547. The van der Waals surface area contributed by atoms with Crippen molar-refractivity contribution in [2.24, 2.45) is 34.5 Å². The van der Waals surface area contributed by atoms with Gasteiger partial charge in [-0.2, -0.15) is 0 Å². The van der Waals surface area contributed by atoms with Crippen molar-refractivity contribution >= 4 is 5.97 Å². The summed E-state index contributed by atoms with van der Waals surface area (Å²) in [6, 6.07) is 0. The number of esters is 1. The van der Waals surface area contributed by atoms with Crippen molar-refractivity contribution in [1.82, 2.24) is 0 Å². The van der Waals surface area contributed by atoms with E-state index < -0.39 is 47.8 Å². The van der Waals surface area contributed by atoms with Crippen molar-refractivity contribution in [3.05, 3.63) is 11.6 Å². The smallest absolute Gasteiger partial charge is 0.331 e. The third-order valence-electron chi connectivity index (χ3n) is 12.3. The molecule has 0 unspecified atom stereocenters. The molecule has 4 saturated carbocycles. The minimum atomic E-state index is -1.06. The molecule has 0 radical (unpaired) electrons. The molecule has 0 aromatic heterocycles. The summed E-state index contributed by atoms with van der Waals surface area (Å²) >= 11 is 0. The molecule has 0 aromatic carbocycles. The molecule has 9 heteroatoms. The van der Waals surface area contributed by atoms with Crippen molar-refractivity contribution < 1.29 is 44.2 Å². The van der Waals surface area contributed by atoms with E-state index in [1.165, 1.54) is 13.2 Å². The van der Waals surface area contributed by atoms with Crippen LogP contribution in [0.3, 0.4) is 0 Å². The van der Waals surface area contributed by atoms with Crippen LogP contribution < -0.4 is 0 Å². The highest BCUT2D eigenvalue weighted by molar-refractivity contribution is 5.85. The quantitative estimate of drug-likeness (QED) is 0.307. The number of rotatable bonds is 4. The zero-order valence-corrected chi connectivity index (χ0v) is 23.6. The Morgan fingerprint density at radius 3 is 2.49 bits per heavy atom. The molecule has 5 fully saturated rings. The van der Waals surface area contributed by atoms with Crippen LogP contribution in [-0.2, 0) is 23.7 Å². The second kappa shape index (κ2) is 9.75. The number of fused-ring (bicyclic) bond motifs is 5. The predicted octanol–water partition coefficient (Wildman–Crippen LogP) is 2.08. The number of ether oxygens (including phenoxy) is 4. The highest BCUT2D eigenvalue weighted by atomic mass is 16.7. The monoisotopic (exact) mass is 550 g/mol.